The first-order valence-corrected chi connectivity index (χ1v) is 8.72. The van der Waals surface area contributed by atoms with Crippen molar-refractivity contribution in [1.82, 2.24) is 29.4 Å². The first kappa shape index (κ1) is 16.2. The Balaban J connectivity index is 1.49. The molecule has 7 nitrogen and oxygen atoms in total. The summed E-state index contributed by atoms with van der Waals surface area (Å²) in [5.74, 6) is 0. The number of hydrogen-bond acceptors (Lipinski definition) is 5. The van der Waals surface area contributed by atoms with Gasteiger partial charge < -0.3 is 9.67 Å². The second-order valence-corrected chi connectivity index (χ2v) is 7.35. The van der Waals surface area contributed by atoms with E-state index in [0.717, 1.165) is 24.1 Å². The topological polar surface area (TPSA) is 72.0 Å². The molecule has 7 heteroatoms. The Morgan fingerprint density at radius 3 is 2.92 bits per heavy atom. The Kier molecular flexibility index (Phi) is 3.85. The van der Waals surface area contributed by atoms with Crippen LogP contribution in [-0.2, 0) is 19.2 Å². The van der Waals surface area contributed by atoms with Gasteiger partial charge in [0.05, 0.1) is 23.6 Å². The van der Waals surface area contributed by atoms with E-state index in [1.54, 1.807) is 4.68 Å². The van der Waals surface area contributed by atoms with Crippen LogP contribution < -0.4 is 0 Å². The standard InChI is InChI=1S/C18H24N6O/c1-13(2)24-10-17(20-21-24)18(25)6-7-23(11-18)9-14-4-5-16-15(8-14)19-12-22(16)3/h4-5,8,10,12-13,25H,6-7,9,11H2,1-3H3/t18-/m0/s1. The van der Waals surface area contributed by atoms with Crippen molar-refractivity contribution in [3.8, 4) is 0 Å². The molecule has 1 saturated heterocycles. The minimum Gasteiger partial charge on any atom is -0.382 e. The molecule has 3 aromatic rings. The van der Waals surface area contributed by atoms with Crippen LogP contribution >= 0.6 is 0 Å². The molecular formula is C18H24N6O. The van der Waals surface area contributed by atoms with Gasteiger partial charge in [0.2, 0.25) is 0 Å². The fourth-order valence-electron chi connectivity index (χ4n) is 3.50. The smallest absolute Gasteiger partial charge is 0.124 e. The minimum atomic E-state index is -0.914. The number of hydrogen-bond donors (Lipinski definition) is 1. The van der Waals surface area contributed by atoms with Gasteiger partial charge in [0.1, 0.15) is 11.3 Å². The van der Waals surface area contributed by atoms with Crippen LogP contribution in [0.3, 0.4) is 0 Å². The summed E-state index contributed by atoms with van der Waals surface area (Å²) in [5.41, 5.74) is 3.11. The van der Waals surface area contributed by atoms with Crippen molar-refractivity contribution in [1.29, 1.82) is 0 Å². The highest BCUT2D eigenvalue weighted by Gasteiger charge is 2.40. The van der Waals surface area contributed by atoms with Gasteiger partial charge in [-0.3, -0.25) is 4.90 Å². The lowest BCUT2D eigenvalue weighted by molar-refractivity contribution is 0.0408. The zero-order chi connectivity index (χ0) is 17.6. The van der Waals surface area contributed by atoms with E-state index in [0.29, 0.717) is 18.7 Å². The normalized spacial score (nSPS) is 21.6. The van der Waals surface area contributed by atoms with Crippen LogP contribution in [0.4, 0.5) is 0 Å². The summed E-state index contributed by atoms with van der Waals surface area (Å²) < 4.78 is 3.82. The van der Waals surface area contributed by atoms with Crippen LogP contribution in [0.25, 0.3) is 11.0 Å². The molecule has 0 spiro atoms. The molecule has 1 aliphatic rings. The molecule has 1 N–H and O–H groups in total. The predicted molar refractivity (Wildman–Crippen MR) is 94.9 cm³/mol. The summed E-state index contributed by atoms with van der Waals surface area (Å²) >= 11 is 0. The van der Waals surface area contributed by atoms with E-state index in [1.165, 1.54) is 5.56 Å². The van der Waals surface area contributed by atoms with Crippen molar-refractivity contribution in [3.63, 3.8) is 0 Å². The zero-order valence-corrected chi connectivity index (χ0v) is 14.9. The van der Waals surface area contributed by atoms with Crippen molar-refractivity contribution >= 4 is 11.0 Å². The van der Waals surface area contributed by atoms with E-state index in [-0.39, 0.29) is 6.04 Å². The summed E-state index contributed by atoms with van der Waals surface area (Å²) in [4.78, 5) is 6.69. The van der Waals surface area contributed by atoms with Crippen LogP contribution in [0, 0.1) is 0 Å². The molecule has 2 aromatic heterocycles. The molecule has 0 bridgehead atoms. The van der Waals surface area contributed by atoms with E-state index >= 15 is 0 Å². The lowest BCUT2D eigenvalue weighted by Crippen LogP contribution is -2.31. The number of β-amino-alcohol motifs (C(OH)–C–C–N with tert-alkyl or cyclic N) is 1. The second-order valence-electron chi connectivity index (χ2n) is 7.35. The number of nitrogens with zero attached hydrogens (tertiary/aromatic N) is 6. The van der Waals surface area contributed by atoms with Crippen molar-refractivity contribution in [2.24, 2.45) is 7.05 Å². The van der Waals surface area contributed by atoms with Crippen LogP contribution in [0.2, 0.25) is 0 Å². The Hall–Kier alpha value is -2.25. The predicted octanol–water partition coefficient (Wildman–Crippen LogP) is 1.84. The number of likely N-dealkylation sites (tertiary alicyclic amines) is 1. The van der Waals surface area contributed by atoms with Crippen LogP contribution in [0.15, 0.2) is 30.7 Å². The Morgan fingerprint density at radius 1 is 1.32 bits per heavy atom. The molecule has 132 valence electrons. The van der Waals surface area contributed by atoms with Crippen LogP contribution in [0.1, 0.15) is 37.6 Å². The van der Waals surface area contributed by atoms with Gasteiger partial charge >= 0.3 is 0 Å². The van der Waals surface area contributed by atoms with Gasteiger partial charge in [-0.2, -0.15) is 0 Å². The third-order valence-electron chi connectivity index (χ3n) is 5.04. The summed E-state index contributed by atoms with van der Waals surface area (Å²) in [5, 5.41) is 19.3. The van der Waals surface area contributed by atoms with E-state index in [4.69, 9.17) is 0 Å². The number of imidazole rings is 1. The highest BCUT2D eigenvalue weighted by atomic mass is 16.3. The zero-order valence-electron chi connectivity index (χ0n) is 14.9. The SMILES string of the molecule is CC(C)n1cc([C@]2(O)CCN(Cc3ccc4c(c3)ncn4C)C2)nn1. The average Bonchev–Trinajstić information content (AvgIpc) is 3.28. The molecule has 1 atom stereocenters. The Labute approximate surface area is 146 Å². The van der Waals surface area contributed by atoms with Crippen molar-refractivity contribution < 1.29 is 5.11 Å². The number of fused-ring (bicyclic) bond motifs is 1. The molecule has 0 unspecified atom stereocenters. The fraction of sp³-hybridized carbons (Fsp3) is 0.500. The van der Waals surface area contributed by atoms with Gasteiger partial charge in [-0.15, -0.1) is 5.10 Å². The van der Waals surface area contributed by atoms with Gasteiger partial charge in [0, 0.05) is 32.7 Å². The lowest BCUT2D eigenvalue weighted by Gasteiger charge is -2.21. The third kappa shape index (κ3) is 2.94. The Morgan fingerprint density at radius 2 is 2.16 bits per heavy atom. The number of aryl methyl sites for hydroxylation is 1. The summed E-state index contributed by atoms with van der Waals surface area (Å²) in [6.45, 7) is 6.32. The highest BCUT2D eigenvalue weighted by Crippen LogP contribution is 2.31. The van der Waals surface area contributed by atoms with Gasteiger partial charge in [0.25, 0.3) is 0 Å². The van der Waals surface area contributed by atoms with Crippen molar-refractivity contribution in [3.05, 3.63) is 42.0 Å². The van der Waals surface area contributed by atoms with Gasteiger partial charge in [-0.1, -0.05) is 11.3 Å². The molecule has 0 radical (unpaired) electrons. The number of benzene rings is 1. The van der Waals surface area contributed by atoms with Gasteiger partial charge in [-0.05, 0) is 38.0 Å². The largest absolute Gasteiger partial charge is 0.382 e. The summed E-state index contributed by atoms with van der Waals surface area (Å²) in [6, 6.07) is 6.61. The molecule has 3 heterocycles. The first-order chi connectivity index (χ1) is 11.9. The third-order valence-corrected chi connectivity index (χ3v) is 5.04. The highest BCUT2D eigenvalue weighted by molar-refractivity contribution is 5.75. The monoisotopic (exact) mass is 340 g/mol. The molecule has 0 aliphatic carbocycles. The van der Waals surface area contributed by atoms with Crippen LogP contribution in [0.5, 0.6) is 0 Å². The van der Waals surface area contributed by atoms with Gasteiger partial charge in [-0.25, -0.2) is 9.67 Å². The summed E-state index contributed by atoms with van der Waals surface area (Å²) in [6.07, 6.45) is 4.38. The van der Waals surface area contributed by atoms with Crippen LogP contribution in [-0.4, -0.2) is 47.6 Å². The lowest BCUT2D eigenvalue weighted by atomic mass is 10.00. The molecule has 0 saturated carbocycles. The number of rotatable bonds is 4. The number of aliphatic hydroxyl groups is 1. The molecule has 4 rings (SSSR count). The quantitative estimate of drug-likeness (QED) is 0.785. The second kappa shape index (κ2) is 5.93. The van der Waals surface area contributed by atoms with Gasteiger partial charge in [0.15, 0.2) is 0 Å². The maximum Gasteiger partial charge on any atom is 0.124 e. The van der Waals surface area contributed by atoms with E-state index in [9.17, 15) is 5.11 Å². The molecule has 0 amide bonds. The minimum absolute atomic E-state index is 0.243. The molecular weight excluding hydrogens is 316 g/mol. The Bertz CT molecular complexity index is 898. The molecule has 25 heavy (non-hydrogen) atoms. The maximum atomic E-state index is 11.0. The van der Waals surface area contributed by atoms with Crippen molar-refractivity contribution in [2.75, 3.05) is 13.1 Å². The van der Waals surface area contributed by atoms with Crippen molar-refractivity contribution in [2.45, 2.75) is 38.5 Å². The average molecular weight is 340 g/mol. The van der Waals surface area contributed by atoms with E-state index in [2.05, 4.69) is 52.2 Å². The number of aromatic nitrogens is 5. The molecule has 1 fully saturated rings. The maximum absolute atomic E-state index is 11.0. The first-order valence-electron chi connectivity index (χ1n) is 8.72. The fourth-order valence-corrected chi connectivity index (χ4v) is 3.50. The summed E-state index contributed by atoms with van der Waals surface area (Å²) in [7, 11) is 2.00. The van der Waals surface area contributed by atoms with E-state index in [1.807, 2.05) is 24.1 Å². The van der Waals surface area contributed by atoms with E-state index < -0.39 is 5.60 Å². The molecule has 1 aliphatic heterocycles. The molecule has 1 aromatic carbocycles.